The van der Waals surface area contributed by atoms with Crippen molar-refractivity contribution in [2.24, 2.45) is 5.73 Å². The molecule has 2 aliphatic heterocycles. The maximum Gasteiger partial charge on any atom is 0.212 e. The Kier molecular flexibility index (Phi) is 5.61. The van der Waals surface area contributed by atoms with Crippen LogP contribution in [0.2, 0.25) is 0 Å². The zero-order valence-electron chi connectivity index (χ0n) is 15.0. The number of hydrogen-bond donors (Lipinski definition) is 4. The Morgan fingerprint density at radius 2 is 2.10 bits per heavy atom. The Labute approximate surface area is 177 Å². The third-order valence-corrected chi connectivity index (χ3v) is 6.14. The molecule has 1 aromatic carbocycles. The van der Waals surface area contributed by atoms with Crippen LogP contribution >= 0.6 is 22.6 Å². The Morgan fingerprint density at radius 1 is 1.34 bits per heavy atom. The Bertz CT molecular complexity index is 895. The van der Waals surface area contributed by atoms with Crippen LogP contribution in [0.25, 0.3) is 11.3 Å². The van der Waals surface area contributed by atoms with Gasteiger partial charge in [0.1, 0.15) is 30.0 Å². The van der Waals surface area contributed by atoms with Gasteiger partial charge in [-0.1, -0.05) is 5.21 Å². The minimum Gasteiger partial charge on any atom is -0.394 e. The van der Waals surface area contributed by atoms with E-state index in [1.165, 1.54) is 16.9 Å². The van der Waals surface area contributed by atoms with Gasteiger partial charge in [-0.25, -0.2) is 13.5 Å². The number of rotatable bonds is 3. The van der Waals surface area contributed by atoms with Crippen molar-refractivity contribution in [3.05, 3.63) is 33.5 Å². The van der Waals surface area contributed by atoms with Gasteiger partial charge in [-0.15, -0.1) is 5.10 Å². The molecule has 3 heterocycles. The van der Waals surface area contributed by atoms with E-state index < -0.39 is 54.4 Å². The zero-order chi connectivity index (χ0) is 20.9. The van der Waals surface area contributed by atoms with Gasteiger partial charge in [0.05, 0.1) is 29.0 Å². The van der Waals surface area contributed by atoms with E-state index in [2.05, 4.69) is 10.3 Å². The van der Waals surface area contributed by atoms with E-state index >= 15 is 0 Å². The molecule has 29 heavy (non-hydrogen) atoms. The monoisotopic (exact) mass is 524 g/mol. The van der Waals surface area contributed by atoms with Crippen LogP contribution in [0.4, 0.5) is 8.78 Å². The second-order valence-corrected chi connectivity index (χ2v) is 8.23. The first-order chi connectivity index (χ1) is 13.8. The van der Waals surface area contributed by atoms with Crippen molar-refractivity contribution < 1.29 is 33.6 Å². The summed E-state index contributed by atoms with van der Waals surface area (Å²) in [5.41, 5.74) is 6.57. The molecule has 2 fully saturated rings. The minimum atomic E-state index is -1.61. The van der Waals surface area contributed by atoms with Gasteiger partial charge in [-0.3, -0.25) is 0 Å². The second kappa shape index (κ2) is 7.76. The minimum absolute atomic E-state index is 0.0721. The molecule has 0 unspecified atom stereocenters. The van der Waals surface area contributed by atoms with Crippen molar-refractivity contribution in [3.63, 3.8) is 0 Å². The molecule has 12 heteroatoms. The average molecular weight is 524 g/mol. The summed E-state index contributed by atoms with van der Waals surface area (Å²) < 4.78 is 39.8. The van der Waals surface area contributed by atoms with Crippen LogP contribution in [0.1, 0.15) is 12.5 Å². The fraction of sp³-hybridized carbons (Fsp3) is 0.529. The molecule has 2 saturated heterocycles. The molecular formula is C17H19F2IN4O5. The lowest BCUT2D eigenvalue weighted by Gasteiger charge is -2.49. The largest absolute Gasteiger partial charge is 0.394 e. The van der Waals surface area contributed by atoms with Crippen molar-refractivity contribution in [1.82, 2.24) is 15.0 Å². The highest BCUT2D eigenvalue weighted by molar-refractivity contribution is 14.1. The molecular weight excluding hydrogens is 505 g/mol. The number of ether oxygens (including phenoxy) is 2. The second-order valence-electron chi connectivity index (χ2n) is 7.07. The third kappa shape index (κ3) is 3.36. The molecule has 9 nitrogen and oxygen atoms in total. The maximum atomic E-state index is 13.8. The lowest BCUT2D eigenvalue weighted by molar-refractivity contribution is -0.343. The Hall–Kier alpha value is -1.29. The fourth-order valence-corrected chi connectivity index (χ4v) is 4.40. The van der Waals surface area contributed by atoms with E-state index in [-0.39, 0.29) is 21.4 Å². The summed E-state index contributed by atoms with van der Waals surface area (Å²) in [7, 11) is 0. The summed E-state index contributed by atoms with van der Waals surface area (Å²) >= 11 is 1.67. The number of aliphatic hydroxyl groups is 3. The van der Waals surface area contributed by atoms with Gasteiger partial charge in [0.2, 0.25) is 5.79 Å². The summed E-state index contributed by atoms with van der Waals surface area (Å²) in [5, 5.41) is 39.1. The van der Waals surface area contributed by atoms with Crippen molar-refractivity contribution in [1.29, 1.82) is 0 Å². The molecule has 5 N–H and O–H groups in total. The van der Waals surface area contributed by atoms with Gasteiger partial charge in [0, 0.05) is 5.56 Å². The lowest BCUT2D eigenvalue weighted by atomic mass is 9.87. The van der Waals surface area contributed by atoms with E-state index in [1.54, 1.807) is 22.6 Å². The molecule has 158 valence electrons. The van der Waals surface area contributed by atoms with E-state index in [0.717, 1.165) is 6.07 Å². The molecule has 6 atom stereocenters. The average Bonchev–Trinajstić information content (AvgIpc) is 3.31. The molecule has 2 aliphatic rings. The molecule has 1 spiro atoms. The molecule has 4 rings (SSSR count). The van der Waals surface area contributed by atoms with E-state index in [0.29, 0.717) is 6.42 Å². The molecule has 0 amide bonds. The van der Waals surface area contributed by atoms with Gasteiger partial charge in [-0.2, -0.15) is 0 Å². The van der Waals surface area contributed by atoms with Crippen LogP contribution in [0.5, 0.6) is 0 Å². The number of nitrogens with two attached hydrogens (primary N) is 1. The van der Waals surface area contributed by atoms with Crippen LogP contribution in [0, 0.1) is 15.2 Å². The Morgan fingerprint density at radius 3 is 2.72 bits per heavy atom. The van der Waals surface area contributed by atoms with Crippen LogP contribution in [-0.2, 0) is 9.47 Å². The van der Waals surface area contributed by atoms with Crippen LogP contribution in [0.3, 0.4) is 0 Å². The smallest absolute Gasteiger partial charge is 0.212 e. The molecule has 2 aromatic rings. The van der Waals surface area contributed by atoms with Crippen molar-refractivity contribution in [2.75, 3.05) is 13.2 Å². The molecule has 0 bridgehead atoms. The number of aromatic nitrogens is 3. The molecule has 0 saturated carbocycles. The first-order valence-corrected chi connectivity index (χ1v) is 9.97. The SMILES string of the molecule is N[C@@H]1CCO[C@]12O[C@H](CO)[C@H](O)[C@H](n1cc(-c3cc(F)c(F)c(I)c3)nn1)[C@H]2O. The number of halogens is 3. The first kappa shape index (κ1) is 21.0. The quantitative estimate of drug-likeness (QED) is 0.324. The topological polar surface area (TPSA) is 136 Å². The van der Waals surface area contributed by atoms with Crippen molar-refractivity contribution in [2.45, 2.75) is 42.6 Å². The zero-order valence-corrected chi connectivity index (χ0v) is 17.1. The van der Waals surface area contributed by atoms with Gasteiger partial charge >= 0.3 is 0 Å². The van der Waals surface area contributed by atoms with E-state index in [4.69, 9.17) is 15.2 Å². The highest BCUT2D eigenvalue weighted by atomic mass is 127. The van der Waals surface area contributed by atoms with Gasteiger partial charge in [-0.05, 0) is 41.1 Å². The lowest BCUT2D eigenvalue weighted by Crippen LogP contribution is -2.67. The van der Waals surface area contributed by atoms with Crippen molar-refractivity contribution in [3.8, 4) is 11.3 Å². The normalized spacial score (nSPS) is 34.8. The summed E-state index contributed by atoms with van der Waals surface area (Å²) in [6.45, 7) is -0.291. The number of nitrogens with zero attached hydrogens (tertiary/aromatic N) is 3. The van der Waals surface area contributed by atoms with Crippen molar-refractivity contribution >= 4 is 22.6 Å². The maximum absolute atomic E-state index is 13.8. The number of aliphatic hydroxyl groups excluding tert-OH is 3. The van der Waals surface area contributed by atoms with Gasteiger partial charge < -0.3 is 30.5 Å². The van der Waals surface area contributed by atoms with Gasteiger partial charge in [0.15, 0.2) is 11.6 Å². The van der Waals surface area contributed by atoms with Gasteiger partial charge in [0.25, 0.3) is 0 Å². The van der Waals surface area contributed by atoms with Crippen LogP contribution in [-0.4, -0.2) is 73.7 Å². The Balaban J connectivity index is 1.72. The predicted molar refractivity (Wildman–Crippen MR) is 102 cm³/mol. The number of benzene rings is 1. The summed E-state index contributed by atoms with van der Waals surface area (Å²) in [6, 6.07) is 0.600. The van der Waals surface area contributed by atoms with Crippen LogP contribution in [0.15, 0.2) is 18.3 Å². The molecule has 0 radical (unpaired) electrons. The highest BCUT2D eigenvalue weighted by Crippen LogP contribution is 2.42. The van der Waals surface area contributed by atoms with Crippen LogP contribution < -0.4 is 5.73 Å². The predicted octanol–water partition coefficient (Wildman–Crippen LogP) is -0.0742. The first-order valence-electron chi connectivity index (χ1n) is 8.89. The third-order valence-electron chi connectivity index (χ3n) is 5.35. The summed E-state index contributed by atoms with van der Waals surface area (Å²) in [5.74, 6) is -3.60. The standard InChI is InChI=1S/C17H19F2IN4O5/c18-8-3-7(4-9(20)13(8)19)10-5-24(23-22-10)14-15(26)11(6-25)29-17(16(14)27)12(21)1-2-28-17/h3-5,11-12,14-16,25-27H,1-2,6,21H2/t11-,12-,14+,15+,16-,17+/m1/s1. The van der Waals surface area contributed by atoms with E-state index in [1.807, 2.05) is 0 Å². The molecule has 1 aromatic heterocycles. The summed E-state index contributed by atoms with van der Waals surface area (Å²) in [4.78, 5) is 0. The van der Waals surface area contributed by atoms with E-state index in [9.17, 15) is 24.1 Å². The molecule has 0 aliphatic carbocycles. The highest BCUT2D eigenvalue weighted by Gasteiger charge is 2.60. The number of hydrogen-bond acceptors (Lipinski definition) is 8. The fourth-order valence-electron chi connectivity index (χ4n) is 3.81. The summed E-state index contributed by atoms with van der Waals surface area (Å²) in [6.07, 6.45) is -2.04.